The van der Waals surface area contributed by atoms with Crippen LogP contribution in [0.5, 0.6) is 0 Å². The van der Waals surface area contributed by atoms with Crippen LogP contribution in [-0.2, 0) is 16.0 Å². The molecular formula is C19H29NO2. The number of nitrogens with zero attached hydrogens (tertiary/aromatic N) is 1. The Morgan fingerprint density at radius 3 is 2.32 bits per heavy atom. The number of Topliss-reactive ketones (excluding diaryl/α,β-unsaturated/α-hetero) is 1. The van der Waals surface area contributed by atoms with Crippen LogP contribution in [0, 0.1) is 11.8 Å². The molecule has 0 aromatic heterocycles. The number of carbonyl (C=O) groups excluding carboxylic acids is 2. The summed E-state index contributed by atoms with van der Waals surface area (Å²) in [6.07, 6.45) is 3.05. The van der Waals surface area contributed by atoms with Gasteiger partial charge in [0.25, 0.3) is 0 Å². The number of para-hydroxylation sites is 1. The van der Waals surface area contributed by atoms with E-state index in [1.165, 1.54) is 0 Å². The molecule has 122 valence electrons. The molecule has 0 N–H and O–H groups in total. The summed E-state index contributed by atoms with van der Waals surface area (Å²) in [7, 11) is 1.78. The van der Waals surface area contributed by atoms with Gasteiger partial charge in [-0.2, -0.15) is 0 Å². The molecule has 0 bridgehead atoms. The monoisotopic (exact) mass is 303 g/mol. The molecule has 0 radical (unpaired) electrons. The van der Waals surface area contributed by atoms with Crippen molar-refractivity contribution in [3.05, 3.63) is 29.8 Å². The predicted octanol–water partition coefficient (Wildman–Crippen LogP) is 4.24. The van der Waals surface area contributed by atoms with Crippen molar-refractivity contribution in [2.75, 3.05) is 11.9 Å². The molecular weight excluding hydrogens is 274 g/mol. The van der Waals surface area contributed by atoms with E-state index in [1.54, 1.807) is 11.9 Å². The van der Waals surface area contributed by atoms with Crippen molar-refractivity contribution in [1.82, 2.24) is 0 Å². The van der Waals surface area contributed by atoms with Crippen LogP contribution in [0.25, 0.3) is 0 Å². The highest BCUT2D eigenvalue weighted by atomic mass is 16.2. The van der Waals surface area contributed by atoms with Crippen molar-refractivity contribution in [2.24, 2.45) is 11.8 Å². The van der Waals surface area contributed by atoms with Gasteiger partial charge >= 0.3 is 0 Å². The molecule has 3 nitrogen and oxygen atoms in total. The summed E-state index contributed by atoms with van der Waals surface area (Å²) in [6.45, 7) is 8.12. The highest BCUT2D eigenvalue weighted by molar-refractivity contribution is 5.95. The largest absolute Gasteiger partial charge is 0.315 e. The summed E-state index contributed by atoms with van der Waals surface area (Å²) in [6, 6.07) is 7.69. The second-order valence-corrected chi connectivity index (χ2v) is 6.68. The number of hydrogen-bond acceptors (Lipinski definition) is 2. The SMILES string of the molecule is CC(C)CCCC(=O)Cc1ccccc1N(C)C(=O)C(C)C. The Morgan fingerprint density at radius 2 is 1.73 bits per heavy atom. The molecule has 1 aromatic rings. The summed E-state index contributed by atoms with van der Waals surface area (Å²) in [5, 5.41) is 0. The molecule has 0 fully saturated rings. The van der Waals surface area contributed by atoms with E-state index in [9.17, 15) is 9.59 Å². The van der Waals surface area contributed by atoms with Gasteiger partial charge in [0.1, 0.15) is 5.78 Å². The van der Waals surface area contributed by atoms with Gasteiger partial charge in [-0.05, 0) is 24.0 Å². The van der Waals surface area contributed by atoms with Gasteiger partial charge in [-0.3, -0.25) is 9.59 Å². The van der Waals surface area contributed by atoms with E-state index in [2.05, 4.69) is 13.8 Å². The normalized spacial score (nSPS) is 11.0. The number of hydrogen-bond donors (Lipinski definition) is 0. The third kappa shape index (κ3) is 5.63. The third-order valence-corrected chi connectivity index (χ3v) is 3.80. The van der Waals surface area contributed by atoms with Crippen molar-refractivity contribution >= 4 is 17.4 Å². The maximum atomic E-state index is 12.2. The first-order valence-electron chi connectivity index (χ1n) is 8.20. The van der Waals surface area contributed by atoms with Crippen molar-refractivity contribution < 1.29 is 9.59 Å². The van der Waals surface area contributed by atoms with Gasteiger partial charge in [0.05, 0.1) is 0 Å². The summed E-state index contributed by atoms with van der Waals surface area (Å²) >= 11 is 0. The quantitative estimate of drug-likeness (QED) is 0.720. The van der Waals surface area contributed by atoms with Gasteiger partial charge in [-0.1, -0.05) is 52.3 Å². The van der Waals surface area contributed by atoms with Crippen molar-refractivity contribution in [3.63, 3.8) is 0 Å². The zero-order valence-electron chi connectivity index (χ0n) is 14.6. The lowest BCUT2D eigenvalue weighted by molar-refractivity contribution is -0.121. The molecule has 0 aliphatic heterocycles. The van der Waals surface area contributed by atoms with Crippen LogP contribution < -0.4 is 4.90 Å². The second-order valence-electron chi connectivity index (χ2n) is 6.68. The molecule has 3 heteroatoms. The molecule has 0 atom stereocenters. The fourth-order valence-electron chi connectivity index (χ4n) is 2.50. The lowest BCUT2D eigenvalue weighted by atomic mass is 10.00. The third-order valence-electron chi connectivity index (χ3n) is 3.80. The maximum absolute atomic E-state index is 12.2. The fraction of sp³-hybridized carbons (Fsp3) is 0.579. The minimum Gasteiger partial charge on any atom is -0.315 e. The lowest BCUT2D eigenvalue weighted by Gasteiger charge is -2.22. The van der Waals surface area contributed by atoms with E-state index in [4.69, 9.17) is 0 Å². The van der Waals surface area contributed by atoms with Crippen molar-refractivity contribution in [2.45, 2.75) is 53.4 Å². The summed E-state index contributed by atoms with van der Waals surface area (Å²) in [5.74, 6) is 0.896. The number of benzene rings is 1. The number of carbonyl (C=O) groups is 2. The van der Waals surface area contributed by atoms with E-state index >= 15 is 0 Å². The van der Waals surface area contributed by atoms with Crippen LogP contribution in [0.4, 0.5) is 5.69 Å². The van der Waals surface area contributed by atoms with E-state index in [0.717, 1.165) is 24.1 Å². The first-order valence-corrected chi connectivity index (χ1v) is 8.20. The van der Waals surface area contributed by atoms with Crippen LogP contribution in [0.2, 0.25) is 0 Å². The average Bonchev–Trinajstić information content (AvgIpc) is 2.45. The van der Waals surface area contributed by atoms with Crippen molar-refractivity contribution in [1.29, 1.82) is 0 Å². The Morgan fingerprint density at radius 1 is 1.09 bits per heavy atom. The topological polar surface area (TPSA) is 37.4 Å². The highest BCUT2D eigenvalue weighted by Gasteiger charge is 2.18. The summed E-state index contributed by atoms with van der Waals surface area (Å²) in [5.41, 5.74) is 1.78. The maximum Gasteiger partial charge on any atom is 0.229 e. The first kappa shape index (κ1) is 18.4. The Balaban J connectivity index is 2.75. The average molecular weight is 303 g/mol. The van der Waals surface area contributed by atoms with Gasteiger partial charge in [0, 0.05) is 31.5 Å². The molecule has 0 aliphatic carbocycles. The molecule has 0 saturated heterocycles. The molecule has 0 aliphatic rings. The van der Waals surface area contributed by atoms with E-state index < -0.39 is 0 Å². The zero-order valence-corrected chi connectivity index (χ0v) is 14.6. The second kappa shape index (κ2) is 8.72. The number of amides is 1. The molecule has 22 heavy (non-hydrogen) atoms. The molecule has 0 saturated carbocycles. The van der Waals surface area contributed by atoms with Gasteiger partial charge in [-0.15, -0.1) is 0 Å². The Kier molecular flexibility index (Phi) is 7.30. The summed E-state index contributed by atoms with van der Waals surface area (Å²) in [4.78, 5) is 26.0. The minimum absolute atomic E-state index is 0.0557. The van der Waals surface area contributed by atoms with Gasteiger partial charge in [0.2, 0.25) is 5.91 Å². The first-order chi connectivity index (χ1) is 10.3. The number of anilines is 1. The van der Waals surface area contributed by atoms with E-state index in [-0.39, 0.29) is 17.6 Å². The van der Waals surface area contributed by atoms with Crippen LogP contribution in [0.15, 0.2) is 24.3 Å². The molecule has 1 rings (SSSR count). The van der Waals surface area contributed by atoms with E-state index in [1.807, 2.05) is 38.1 Å². The smallest absolute Gasteiger partial charge is 0.229 e. The van der Waals surface area contributed by atoms with Gasteiger partial charge < -0.3 is 4.90 Å². The van der Waals surface area contributed by atoms with Crippen LogP contribution in [0.3, 0.4) is 0 Å². The van der Waals surface area contributed by atoms with Gasteiger partial charge in [0.15, 0.2) is 0 Å². The zero-order chi connectivity index (χ0) is 16.7. The van der Waals surface area contributed by atoms with E-state index in [0.29, 0.717) is 18.8 Å². The number of ketones is 1. The van der Waals surface area contributed by atoms with Gasteiger partial charge in [-0.25, -0.2) is 0 Å². The highest BCUT2D eigenvalue weighted by Crippen LogP contribution is 2.22. The van der Waals surface area contributed by atoms with Crippen molar-refractivity contribution in [3.8, 4) is 0 Å². The number of rotatable bonds is 8. The standard InChI is InChI=1S/C19H29NO2/c1-14(2)9-8-11-17(21)13-16-10-6-7-12-18(16)20(5)19(22)15(3)4/h6-7,10,12,14-15H,8-9,11,13H2,1-5H3. The summed E-state index contributed by atoms with van der Waals surface area (Å²) < 4.78 is 0. The molecule has 0 unspecified atom stereocenters. The van der Waals surface area contributed by atoms with Crippen LogP contribution in [-0.4, -0.2) is 18.7 Å². The Bertz CT molecular complexity index is 506. The Hall–Kier alpha value is -1.64. The predicted molar refractivity (Wildman–Crippen MR) is 92.1 cm³/mol. The molecule has 1 amide bonds. The minimum atomic E-state index is -0.0557. The Labute approximate surface area is 134 Å². The van der Waals surface area contributed by atoms with Crippen LogP contribution >= 0.6 is 0 Å². The molecule has 1 aromatic carbocycles. The molecule has 0 heterocycles. The fourth-order valence-corrected chi connectivity index (χ4v) is 2.50. The van der Waals surface area contributed by atoms with Crippen LogP contribution in [0.1, 0.15) is 52.5 Å². The molecule has 0 spiro atoms. The lowest BCUT2D eigenvalue weighted by Crippen LogP contribution is -2.31.